The molecule has 1 fully saturated rings. The average Bonchev–Trinajstić information content (AvgIpc) is 2.69. The van der Waals surface area contributed by atoms with Gasteiger partial charge in [0.25, 0.3) is 0 Å². The van der Waals surface area contributed by atoms with E-state index in [0.29, 0.717) is 0 Å². The molecule has 3 N–H and O–H groups in total. The van der Waals surface area contributed by atoms with E-state index in [-0.39, 0.29) is 11.9 Å². The minimum Gasteiger partial charge on any atom is -0.355 e. The van der Waals surface area contributed by atoms with Gasteiger partial charge in [-0.05, 0) is 19.3 Å². The Balaban J connectivity index is 1.90. The van der Waals surface area contributed by atoms with Gasteiger partial charge in [-0.1, -0.05) is 38.5 Å². The Bertz CT molecular complexity index is 186. The zero-order valence-corrected chi connectivity index (χ0v) is 9.80. The van der Waals surface area contributed by atoms with Crippen LogP contribution in [0.15, 0.2) is 0 Å². The van der Waals surface area contributed by atoms with Crippen molar-refractivity contribution < 1.29 is 4.79 Å². The van der Waals surface area contributed by atoms with Gasteiger partial charge >= 0.3 is 0 Å². The van der Waals surface area contributed by atoms with Gasteiger partial charge in [0.2, 0.25) is 5.91 Å². The molecule has 1 aliphatic rings. The van der Waals surface area contributed by atoms with Crippen LogP contribution in [0.3, 0.4) is 0 Å². The van der Waals surface area contributed by atoms with Crippen molar-refractivity contribution in [3.05, 3.63) is 0 Å². The molecule has 3 heteroatoms. The monoisotopic (exact) mass is 212 g/mol. The van der Waals surface area contributed by atoms with Gasteiger partial charge in [0.05, 0.1) is 6.04 Å². The van der Waals surface area contributed by atoms with E-state index < -0.39 is 0 Å². The molecule has 1 aliphatic carbocycles. The first-order valence-corrected chi connectivity index (χ1v) is 6.23. The number of carbonyl (C=O) groups is 1. The third-order valence-electron chi connectivity index (χ3n) is 3.23. The van der Waals surface area contributed by atoms with Crippen LogP contribution in [0.5, 0.6) is 0 Å². The lowest BCUT2D eigenvalue weighted by Gasteiger charge is -2.09. The Kier molecular flexibility index (Phi) is 5.69. The van der Waals surface area contributed by atoms with Gasteiger partial charge in [-0.15, -0.1) is 0 Å². The zero-order valence-electron chi connectivity index (χ0n) is 9.80. The van der Waals surface area contributed by atoms with Crippen molar-refractivity contribution in [3.63, 3.8) is 0 Å². The maximum Gasteiger partial charge on any atom is 0.236 e. The predicted molar refractivity (Wildman–Crippen MR) is 62.5 cm³/mol. The van der Waals surface area contributed by atoms with Crippen LogP contribution in [0.1, 0.15) is 51.9 Å². The molecule has 0 heterocycles. The normalized spacial score (nSPS) is 19.1. The van der Waals surface area contributed by atoms with Crippen molar-refractivity contribution in [1.29, 1.82) is 0 Å². The summed E-state index contributed by atoms with van der Waals surface area (Å²) in [5, 5.41) is 2.84. The average molecular weight is 212 g/mol. The van der Waals surface area contributed by atoms with Crippen LogP contribution in [0, 0.1) is 5.92 Å². The summed E-state index contributed by atoms with van der Waals surface area (Å²) in [5.74, 6) is 0.935. The molecule has 0 aromatic carbocycles. The van der Waals surface area contributed by atoms with Gasteiger partial charge < -0.3 is 11.1 Å². The van der Waals surface area contributed by atoms with Crippen LogP contribution in [0.25, 0.3) is 0 Å². The number of amides is 1. The fourth-order valence-electron chi connectivity index (χ4n) is 2.23. The lowest BCUT2D eigenvalue weighted by atomic mass is 10.0. The Morgan fingerprint density at radius 1 is 1.40 bits per heavy atom. The number of unbranched alkanes of at least 4 members (excludes halogenated alkanes) is 1. The minimum absolute atomic E-state index is 0.0316. The highest BCUT2D eigenvalue weighted by Gasteiger charge is 2.14. The van der Waals surface area contributed by atoms with E-state index in [1.165, 1.54) is 38.5 Å². The van der Waals surface area contributed by atoms with Crippen molar-refractivity contribution in [1.82, 2.24) is 5.32 Å². The quantitative estimate of drug-likeness (QED) is 0.660. The van der Waals surface area contributed by atoms with Crippen molar-refractivity contribution in [2.24, 2.45) is 11.7 Å². The molecule has 1 atom stereocenters. The van der Waals surface area contributed by atoms with Gasteiger partial charge in [0, 0.05) is 6.54 Å². The molecule has 0 bridgehead atoms. The number of nitrogens with one attached hydrogen (secondary N) is 1. The van der Waals surface area contributed by atoms with E-state index in [2.05, 4.69) is 5.32 Å². The van der Waals surface area contributed by atoms with Crippen LogP contribution >= 0.6 is 0 Å². The second-order valence-electron chi connectivity index (χ2n) is 4.73. The number of nitrogens with two attached hydrogens (primary N) is 1. The summed E-state index contributed by atoms with van der Waals surface area (Å²) >= 11 is 0. The lowest BCUT2D eigenvalue weighted by molar-refractivity contribution is -0.121. The SMILES string of the molecule is C[C@H](N)C(=O)NCCCCC1CCCC1. The maximum atomic E-state index is 11.1. The molecule has 1 saturated carbocycles. The summed E-state index contributed by atoms with van der Waals surface area (Å²) in [6, 6.07) is -0.375. The molecule has 0 radical (unpaired) electrons. The van der Waals surface area contributed by atoms with Crippen LogP contribution in [-0.2, 0) is 4.79 Å². The summed E-state index contributed by atoms with van der Waals surface area (Å²) < 4.78 is 0. The molecular formula is C12H24N2O. The molecule has 1 rings (SSSR count). The molecule has 0 unspecified atom stereocenters. The topological polar surface area (TPSA) is 55.1 Å². The molecule has 88 valence electrons. The first-order chi connectivity index (χ1) is 7.20. The van der Waals surface area contributed by atoms with Crippen molar-refractivity contribution in [3.8, 4) is 0 Å². The summed E-state index contributed by atoms with van der Waals surface area (Å²) in [6.07, 6.45) is 9.36. The van der Waals surface area contributed by atoms with Crippen molar-refractivity contribution >= 4 is 5.91 Å². The molecule has 15 heavy (non-hydrogen) atoms. The number of hydrogen-bond acceptors (Lipinski definition) is 2. The van der Waals surface area contributed by atoms with Crippen LogP contribution < -0.4 is 11.1 Å². The molecule has 0 spiro atoms. The lowest BCUT2D eigenvalue weighted by Crippen LogP contribution is -2.38. The molecule has 0 aromatic rings. The number of hydrogen-bond donors (Lipinski definition) is 2. The van der Waals surface area contributed by atoms with Gasteiger partial charge in [-0.3, -0.25) is 4.79 Å². The molecule has 3 nitrogen and oxygen atoms in total. The van der Waals surface area contributed by atoms with Gasteiger partial charge in [0.1, 0.15) is 0 Å². The summed E-state index contributed by atoms with van der Waals surface area (Å²) in [7, 11) is 0. The van der Waals surface area contributed by atoms with E-state index in [0.717, 1.165) is 18.9 Å². The molecular weight excluding hydrogens is 188 g/mol. The molecule has 0 aromatic heterocycles. The molecule has 0 aliphatic heterocycles. The fraction of sp³-hybridized carbons (Fsp3) is 0.917. The van der Waals surface area contributed by atoms with E-state index >= 15 is 0 Å². The van der Waals surface area contributed by atoms with Gasteiger partial charge in [-0.25, -0.2) is 0 Å². The Labute approximate surface area is 92.8 Å². The van der Waals surface area contributed by atoms with Crippen LogP contribution in [-0.4, -0.2) is 18.5 Å². The highest BCUT2D eigenvalue weighted by atomic mass is 16.2. The van der Waals surface area contributed by atoms with Gasteiger partial charge in [0.15, 0.2) is 0 Å². The fourth-order valence-corrected chi connectivity index (χ4v) is 2.23. The second kappa shape index (κ2) is 6.83. The van der Waals surface area contributed by atoms with Crippen LogP contribution in [0.4, 0.5) is 0 Å². The molecule has 1 amide bonds. The molecule has 0 saturated heterocycles. The third-order valence-corrected chi connectivity index (χ3v) is 3.23. The second-order valence-corrected chi connectivity index (χ2v) is 4.73. The standard InChI is InChI=1S/C12H24N2O/c1-10(13)12(15)14-9-5-4-8-11-6-2-3-7-11/h10-11H,2-9,13H2,1H3,(H,14,15)/t10-/m0/s1. The minimum atomic E-state index is -0.375. The van der Waals surface area contributed by atoms with Crippen LogP contribution in [0.2, 0.25) is 0 Å². The number of rotatable bonds is 6. The zero-order chi connectivity index (χ0) is 11.1. The predicted octanol–water partition coefficient (Wildman–Crippen LogP) is 1.81. The van der Waals surface area contributed by atoms with E-state index in [4.69, 9.17) is 5.73 Å². The largest absolute Gasteiger partial charge is 0.355 e. The van der Waals surface area contributed by atoms with Crippen molar-refractivity contribution in [2.45, 2.75) is 57.9 Å². The summed E-state index contributed by atoms with van der Waals surface area (Å²) in [6.45, 7) is 2.50. The smallest absolute Gasteiger partial charge is 0.236 e. The highest BCUT2D eigenvalue weighted by Crippen LogP contribution is 2.28. The Morgan fingerprint density at radius 3 is 2.67 bits per heavy atom. The van der Waals surface area contributed by atoms with E-state index in [1.807, 2.05) is 0 Å². The van der Waals surface area contributed by atoms with Crippen molar-refractivity contribution in [2.75, 3.05) is 6.54 Å². The van der Waals surface area contributed by atoms with Gasteiger partial charge in [-0.2, -0.15) is 0 Å². The first-order valence-electron chi connectivity index (χ1n) is 6.23. The first kappa shape index (κ1) is 12.5. The van der Waals surface area contributed by atoms with E-state index in [9.17, 15) is 4.79 Å². The maximum absolute atomic E-state index is 11.1. The summed E-state index contributed by atoms with van der Waals surface area (Å²) in [4.78, 5) is 11.1. The Hall–Kier alpha value is -0.570. The summed E-state index contributed by atoms with van der Waals surface area (Å²) in [5.41, 5.74) is 5.44. The third kappa shape index (κ3) is 5.17. The van der Waals surface area contributed by atoms with E-state index in [1.54, 1.807) is 6.92 Å². The number of carbonyl (C=O) groups excluding carboxylic acids is 1. The Morgan fingerprint density at radius 2 is 2.07 bits per heavy atom. The highest BCUT2D eigenvalue weighted by molar-refractivity contribution is 5.80.